The number of hydrogen-bond donors (Lipinski definition) is 2. The molecule has 1 saturated heterocycles. The molecule has 2 rings (SSSR count). The Balaban J connectivity index is 1.75. The molecule has 1 aromatic carbocycles. The molecule has 104 valence electrons. The van der Waals surface area contributed by atoms with Gasteiger partial charge in [0.05, 0.1) is 19.1 Å². The predicted octanol–water partition coefficient (Wildman–Crippen LogP) is 1.10. The van der Waals surface area contributed by atoms with Crippen LogP contribution in [0.5, 0.6) is 0 Å². The number of nitrogens with one attached hydrogen (secondary N) is 1. The summed E-state index contributed by atoms with van der Waals surface area (Å²) in [4.78, 5) is 12.0. The van der Waals surface area contributed by atoms with Crippen molar-refractivity contribution in [3.63, 3.8) is 0 Å². The van der Waals surface area contributed by atoms with Crippen molar-refractivity contribution in [2.24, 2.45) is 11.7 Å². The third kappa shape index (κ3) is 4.04. The molecular weight excluding hydrogens is 240 g/mol. The maximum atomic E-state index is 12.0. The van der Waals surface area contributed by atoms with Crippen molar-refractivity contribution in [2.75, 3.05) is 13.2 Å². The molecule has 0 radical (unpaired) electrons. The molecule has 4 heteroatoms. The van der Waals surface area contributed by atoms with Crippen LogP contribution in [0, 0.1) is 5.92 Å². The average Bonchev–Trinajstić information content (AvgIpc) is 2.84. The fourth-order valence-electron chi connectivity index (χ4n) is 2.29. The van der Waals surface area contributed by atoms with Gasteiger partial charge in [-0.25, -0.2) is 0 Å². The summed E-state index contributed by atoms with van der Waals surface area (Å²) in [6.45, 7) is 2.96. The van der Waals surface area contributed by atoms with Crippen LogP contribution in [0.4, 0.5) is 0 Å². The van der Waals surface area contributed by atoms with Crippen LogP contribution in [-0.4, -0.2) is 31.2 Å². The van der Waals surface area contributed by atoms with E-state index in [2.05, 4.69) is 17.4 Å². The molecule has 0 saturated carbocycles. The van der Waals surface area contributed by atoms with Gasteiger partial charge in [0.1, 0.15) is 0 Å². The Hall–Kier alpha value is -1.39. The number of amides is 1. The smallest absolute Gasteiger partial charge is 0.227 e. The van der Waals surface area contributed by atoms with E-state index in [4.69, 9.17) is 10.5 Å². The summed E-state index contributed by atoms with van der Waals surface area (Å²) in [5.74, 6) is -0.176. The molecule has 1 amide bonds. The molecule has 3 atom stereocenters. The van der Waals surface area contributed by atoms with Crippen LogP contribution in [-0.2, 0) is 16.0 Å². The zero-order valence-electron chi connectivity index (χ0n) is 11.3. The molecular formula is C15H22N2O2. The number of rotatable bonds is 5. The van der Waals surface area contributed by atoms with E-state index in [1.807, 2.05) is 25.1 Å². The number of aryl methyl sites for hydroxylation is 1. The highest BCUT2D eigenvalue weighted by Crippen LogP contribution is 2.12. The zero-order valence-corrected chi connectivity index (χ0v) is 11.3. The number of nitrogens with two attached hydrogens (primary N) is 1. The average molecular weight is 262 g/mol. The minimum atomic E-state index is -0.195. The maximum absolute atomic E-state index is 12.0. The van der Waals surface area contributed by atoms with Crippen LogP contribution >= 0.6 is 0 Å². The van der Waals surface area contributed by atoms with Gasteiger partial charge in [-0.05, 0) is 25.3 Å². The highest BCUT2D eigenvalue weighted by Gasteiger charge is 2.31. The van der Waals surface area contributed by atoms with Crippen molar-refractivity contribution >= 4 is 5.91 Å². The lowest BCUT2D eigenvalue weighted by atomic mass is 10.0. The van der Waals surface area contributed by atoms with E-state index < -0.39 is 0 Å². The van der Waals surface area contributed by atoms with Crippen LogP contribution in [0.3, 0.4) is 0 Å². The first-order valence-electron chi connectivity index (χ1n) is 6.84. The quantitative estimate of drug-likeness (QED) is 0.835. The van der Waals surface area contributed by atoms with Gasteiger partial charge >= 0.3 is 0 Å². The summed E-state index contributed by atoms with van der Waals surface area (Å²) in [5.41, 5.74) is 7.13. The van der Waals surface area contributed by atoms with Crippen molar-refractivity contribution in [1.82, 2.24) is 5.32 Å². The van der Waals surface area contributed by atoms with Gasteiger partial charge in [0.15, 0.2) is 0 Å². The summed E-state index contributed by atoms with van der Waals surface area (Å²) >= 11 is 0. The molecule has 0 aromatic heterocycles. The van der Waals surface area contributed by atoms with E-state index in [0.29, 0.717) is 13.2 Å². The lowest BCUT2D eigenvalue weighted by molar-refractivity contribution is -0.125. The second kappa shape index (κ2) is 6.68. The zero-order chi connectivity index (χ0) is 13.7. The van der Waals surface area contributed by atoms with Gasteiger partial charge in [-0.1, -0.05) is 30.3 Å². The van der Waals surface area contributed by atoms with Gasteiger partial charge < -0.3 is 15.8 Å². The van der Waals surface area contributed by atoms with Gasteiger partial charge in [-0.3, -0.25) is 4.79 Å². The molecule has 3 unspecified atom stereocenters. The van der Waals surface area contributed by atoms with Gasteiger partial charge in [0.2, 0.25) is 5.91 Å². The SMILES string of the molecule is CC(CCc1ccccc1)NC(=O)C1COCC1N. The normalized spacial score (nSPS) is 24.1. The highest BCUT2D eigenvalue weighted by molar-refractivity contribution is 5.80. The Labute approximate surface area is 114 Å². The third-order valence-corrected chi connectivity index (χ3v) is 3.56. The van der Waals surface area contributed by atoms with Crippen molar-refractivity contribution in [1.29, 1.82) is 0 Å². The molecule has 1 aliphatic rings. The number of carbonyl (C=O) groups is 1. The van der Waals surface area contributed by atoms with Crippen LogP contribution in [0.1, 0.15) is 18.9 Å². The molecule has 1 fully saturated rings. The lowest BCUT2D eigenvalue weighted by Crippen LogP contribution is -2.44. The Morgan fingerprint density at radius 1 is 1.42 bits per heavy atom. The molecule has 19 heavy (non-hydrogen) atoms. The topological polar surface area (TPSA) is 64.3 Å². The summed E-state index contributed by atoms with van der Waals surface area (Å²) in [6, 6.07) is 10.3. The van der Waals surface area contributed by atoms with E-state index in [0.717, 1.165) is 12.8 Å². The summed E-state index contributed by atoms with van der Waals surface area (Å²) in [6.07, 6.45) is 1.90. The molecule has 3 N–H and O–H groups in total. The van der Waals surface area contributed by atoms with Crippen LogP contribution in [0.2, 0.25) is 0 Å². The molecule has 0 aliphatic carbocycles. The molecule has 1 heterocycles. The van der Waals surface area contributed by atoms with Crippen molar-refractivity contribution in [3.05, 3.63) is 35.9 Å². The van der Waals surface area contributed by atoms with Gasteiger partial charge in [-0.2, -0.15) is 0 Å². The Morgan fingerprint density at radius 3 is 2.79 bits per heavy atom. The monoisotopic (exact) mass is 262 g/mol. The maximum Gasteiger partial charge on any atom is 0.227 e. The first kappa shape index (κ1) is 14.0. The van der Waals surface area contributed by atoms with Crippen molar-refractivity contribution in [2.45, 2.75) is 31.8 Å². The number of hydrogen-bond acceptors (Lipinski definition) is 3. The first-order valence-corrected chi connectivity index (χ1v) is 6.84. The summed E-state index contributed by atoms with van der Waals surface area (Å²) in [5, 5.41) is 3.02. The Bertz CT molecular complexity index is 408. The fraction of sp³-hybridized carbons (Fsp3) is 0.533. The van der Waals surface area contributed by atoms with Crippen LogP contribution in [0.25, 0.3) is 0 Å². The Kier molecular flexibility index (Phi) is 4.93. The first-order chi connectivity index (χ1) is 9.16. The van der Waals surface area contributed by atoms with Crippen LogP contribution < -0.4 is 11.1 Å². The molecule has 1 aromatic rings. The van der Waals surface area contributed by atoms with E-state index in [1.54, 1.807) is 0 Å². The second-order valence-electron chi connectivity index (χ2n) is 5.24. The van der Waals surface area contributed by atoms with E-state index in [9.17, 15) is 4.79 Å². The predicted molar refractivity (Wildman–Crippen MR) is 74.7 cm³/mol. The fourth-order valence-corrected chi connectivity index (χ4v) is 2.29. The second-order valence-corrected chi connectivity index (χ2v) is 5.24. The minimum absolute atomic E-state index is 0.0190. The van der Waals surface area contributed by atoms with E-state index in [1.165, 1.54) is 5.56 Å². The van der Waals surface area contributed by atoms with Gasteiger partial charge in [-0.15, -0.1) is 0 Å². The van der Waals surface area contributed by atoms with E-state index >= 15 is 0 Å². The Morgan fingerprint density at radius 2 is 2.16 bits per heavy atom. The van der Waals surface area contributed by atoms with E-state index in [-0.39, 0.29) is 23.9 Å². The number of benzene rings is 1. The summed E-state index contributed by atoms with van der Waals surface area (Å²) < 4.78 is 5.22. The van der Waals surface area contributed by atoms with Gasteiger partial charge in [0.25, 0.3) is 0 Å². The van der Waals surface area contributed by atoms with Crippen molar-refractivity contribution in [3.8, 4) is 0 Å². The largest absolute Gasteiger partial charge is 0.379 e. The molecule has 0 bridgehead atoms. The molecule has 1 aliphatic heterocycles. The molecule has 4 nitrogen and oxygen atoms in total. The summed E-state index contributed by atoms with van der Waals surface area (Å²) in [7, 11) is 0. The number of ether oxygens (including phenoxy) is 1. The minimum Gasteiger partial charge on any atom is -0.379 e. The third-order valence-electron chi connectivity index (χ3n) is 3.56. The number of carbonyl (C=O) groups excluding carboxylic acids is 1. The van der Waals surface area contributed by atoms with Crippen LogP contribution in [0.15, 0.2) is 30.3 Å². The highest BCUT2D eigenvalue weighted by atomic mass is 16.5. The van der Waals surface area contributed by atoms with Crippen molar-refractivity contribution < 1.29 is 9.53 Å². The van der Waals surface area contributed by atoms with Gasteiger partial charge in [0, 0.05) is 12.1 Å². The standard InChI is InChI=1S/C15H22N2O2/c1-11(7-8-12-5-3-2-4-6-12)17-15(18)13-9-19-10-14(13)16/h2-6,11,13-14H,7-10,16H2,1H3,(H,17,18). The lowest BCUT2D eigenvalue weighted by Gasteiger charge is -2.18. The molecule has 0 spiro atoms.